The average Bonchev–Trinajstić information content (AvgIpc) is 2.61. The van der Waals surface area contributed by atoms with Crippen molar-refractivity contribution >= 4 is 5.69 Å². The standard InChI is InChI=1S/C11H14N2O2/c1-13(9-5-12-6-9)8-2-3-10-11(4-8)15-7-14-10/h2-4,9,12H,5-7H2,1H3. The number of benzene rings is 1. The lowest BCUT2D eigenvalue weighted by Gasteiger charge is -2.37. The van der Waals surface area contributed by atoms with Crippen LogP contribution in [-0.4, -0.2) is 33.0 Å². The quantitative estimate of drug-likeness (QED) is 0.777. The average molecular weight is 206 g/mol. The highest BCUT2D eigenvalue weighted by molar-refractivity contribution is 5.57. The summed E-state index contributed by atoms with van der Waals surface area (Å²) in [4.78, 5) is 2.28. The van der Waals surface area contributed by atoms with Crippen LogP contribution in [0.15, 0.2) is 18.2 Å². The third-order valence-electron chi connectivity index (χ3n) is 3.07. The molecule has 2 heterocycles. The van der Waals surface area contributed by atoms with Gasteiger partial charge in [-0.15, -0.1) is 0 Å². The fourth-order valence-corrected chi connectivity index (χ4v) is 1.86. The lowest BCUT2D eigenvalue weighted by atomic mass is 10.1. The Balaban J connectivity index is 1.85. The van der Waals surface area contributed by atoms with E-state index in [4.69, 9.17) is 9.47 Å². The Labute approximate surface area is 88.8 Å². The highest BCUT2D eigenvalue weighted by atomic mass is 16.7. The van der Waals surface area contributed by atoms with Crippen molar-refractivity contribution in [3.63, 3.8) is 0 Å². The fraction of sp³-hybridized carbons (Fsp3) is 0.455. The predicted molar refractivity (Wildman–Crippen MR) is 57.6 cm³/mol. The van der Waals surface area contributed by atoms with Crippen molar-refractivity contribution in [3.05, 3.63) is 18.2 Å². The van der Waals surface area contributed by atoms with Crippen LogP contribution in [0.1, 0.15) is 0 Å². The molecule has 0 unspecified atom stereocenters. The Morgan fingerprint density at radius 3 is 2.80 bits per heavy atom. The van der Waals surface area contributed by atoms with Crippen molar-refractivity contribution in [2.24, 2.45) is 0 Å². The summed E-state index contributed by atoms with van der Waals surface area (Å²) in [6, 6.07) is 6.69. The first-order valence-electron chi connectivity index (χ1n) is 5.18. The van der Waals surface area contributed by atoms with Crippen LogP contribution in [-0.2, 0) is 0 Å². The first kappa shape index (κ1) is 8.85. The molecule has 0 radical (unpaired) electrons. The Kier molecular flexibility index (Phi) is 1.95. The monoisotopic (exact) mass is 206 g/mol. The molecule has 1 N–H and O–H groups in total. The summed E-state index contributed by atoms with van der Waals surface area (Å²) in [5.74, 6) is 1.70. The van der Waals surface area contributed by atoms with Gasteiger partial charge in [-0.1, -0.05) is 0 Å². The second-order valence-electron chi connectivity index (χ2n) is 3.96. The molecule has 1 aromatic carbocycles. The van der Waals surface area contributed by atoms with Gasteiger partial charge in [0, 0.05) is 31.9 Å². The number of hydrogen-bond donors (Lipinski definition) is 1. The van der Waals surface area contributed by atoms with Crippen LogP contribution >= 0.6 is 0 Å². The van der Waals surface area contributed by atoms with E-state index in [1.807, 2.05) is 12.1 Å². The highest BCUT2D eigenvalue weighted by Crippen LogP contribution is 2.35. The van der Waals surface area contributed by atoms with Crippen LogP contribution in [0.2, 0.25) is 0 Å². The van der Waals surface area contributed by atoms with Gasteiger partial charge in [-0.2, -0.15) is 0 Å². The highest BCUT2D eigenvalue weighted by Gasteiger charge is 2.23. The predicted octanol–water partition coefficient (Wildman–Crippen LogP) is 0.823. The summed E-state index contributed by atoms with van der Waals surface area (Å²) in [6.07, 6.45) is 0. The summed E-state index contributed by atoms with van der Waals surface area (Å²) in [7, 11) is 2.11. The molecule has 1 saturated heterocycles. The summed E-state index contributed by atoms with van der Waals surface area (Å²) < 4.78 is 10.6. The number of hydrogen-bond acceptors (Lipinski definition) is 4. The Hall–Kier alpha value is -1.42. The molecule has 0 aromatic heterocycles. The molecule has 2 aliphatic heterocycles. The Morgan fingerprint density at radius 1 is 1.27 bits per heavy atom. The zero-order chi connectivity index (χ0) is 10.3. The van der Waals surface area contributed by atoms with Crippen molar-refractivity contribution in [3.8, 4) is 11.5 Å². The van der Waals surface area contributed by atoms with Crippen LogP contribution in [0.25, 0.3) is 0 Å². The van der Waals surface area contributed by atoms with E-state index in [2.05, 4.69) is 23.3 Å². The van der Waals surface area contributed by atoms with Crippen molar-refractivity contribution in [2.45, 2.75) is 6.04 Å². The summed E-state index contributed by atoms with van der Waals surface area (Å²) in [6.45, 7) is 2.46. The van der Waals surface area contributed by atoms with Gasteiger partial charge >= 0.3 is 0 Å². The normalized spacial score (nSPS) is 18.7. The lowest BCUT2D eigenvalue weighted by molar-refractivity contribution is 0.174. The Bertz CT molecular complexity index is 377. The number of nitrogens with one attached hydrogen (secondary N) is 1. The molecule has 80 valence electrons. The van der Waals surface area contributed by atoms with Gasteiger partial charge in [-0.3, -0.25) is 0 Å². The SMILES string of the molecule is CN(c1ccc2c(c1)OCO2)C1CNC1. The van der Waals surface area contributed by atoms with Crippen LogP contribution in [0, 0.1) is 0 Å². The van der Waals surface area contributed by atoms with Crippen molar-refractivity contribution in [2.75, 3.05) is 31.8 Å². The molecule has 3 rings (SSSR count). The van der Waals surface area contributed by atoms with Gasteiger partial charge in [0.15, 0.2) is 11.5 Å². The van der Waals surface area contributed by atoms with Gasteiger partial charge in [-0.05, 0) is 12.1 Å². The number of ether oxygens (including phenoxy) is 2. The molecule has 0 aliphatic carbocycles. The summed E-state index contributed by atoms with van der Waals surface area (Å²) in [5.41, 5.74) is 1.19. The zero-order valence-corrected chi connectivity index (χ0v) is 8.69. The molecule has 15 heavy (non-hydrogen) atoms. The minimum atomic E-state index is 0.341. The first-order valence-corrected chi connectivity index (χ1v) is 5.18. The third kappa shape index (κ3) is 1.41. The maximum Gasteiger partial charge on any atom is 0.231 e. The maximum absolute atomic E-state index is 5.36. The molecule has 0 bridgehead atoms. The van der Waals surface area contributed by atoms with Crippen LogP contribution < -0.4 is 19.7 Å². The van der Waals surface area contributed by atoms with Crippen LogP contribution in [0.3, 0.4) is 0 Å². The minimum Gasteiger partial charge on any atom is -0.454 e. The molecule has 1 aromatic rings. The molecule has 0 spiro atoms. The molecule has 0 atom stereocenters. The smallest absolute Gasteiger partial charge is 0.231 e. The van der Waals surface area contributed by atoms with E-state index in [9.17, 15) is 0 Å². The molecule has 0 saturated carbocycles. The van der Waals surface area contributed by atoms with E-state index in [0.717, 1.165) is 24.6 Å². The molecule has 4 heteroatoms. The zero-order valence-electron chi connectivity index (χ0n) is 8.69. The van der Waals surface area contributed by atoms with Gasteiger partial charge in [0.2, 0.25) is 6.79 Å². The first-order chi connectivity index (χ1) is 7.34. The second kappa shape index (κ2) is 3.31. The molecule has 1 fully saturated rings. The van der Waals surface area contributed by atoms with Gasteiger partial charge in [0.25, 0.3) is 0 Å². The van der Waals surface area contributed by atoms with E-state index in [-0.39, 0.29) is 0 Å². The minimum absolute atomic E-state index is 0.341. The summed E-state index contributed by atoms with van der Waals surface area (Å²) in [5, 5.41) is 3.27. The Morgan fingerprint density at radius 2 is 2.07 bits per heavy atom. The largest absolute Gasteiger partial charge is 0.454 e. The molecule has 4 nitrogen and oxygen atoms in total. The number of anilines is 1. The van der Waals surface area contributed by atoms with E-state index >= 15 is 0 Å². The van der Waals surface area contributed by atoms with E-state index in [1.165, 1.54) is 5.69 Å². The molecular weight excluding hydrogens is 192 g/mol. The maximum atomic E-state index is 5.36. The fourth-order valence-electron chi connectivity index (χ4n) is 1.86. The molecular formula is C11H14N2O2. The van der Waals surface area contributed by atoms with Crippen molar-refractivity contribution in [1.29, 1.82) is 0 Å². The number of fused-ring (bicyclic) bond motifs is 1. The van der Waals surface area contributed by atoms with Crippen molar-refractivity contribution in [1.82, 2.24) is 5.32 Å². The van der Waals surface area contributed by atoms with E-state index in [1.54, 1.807) is 0 Å². The third-order valence-corrected chi connectivity index (χ3v) is 3.07. The second-order valence-corrected chi connectivity index (χ2v) is 3.96. The van der Waals surface area contributed by atoms with Gasteiger partial charge in [-0.25, -0.2) is 0 Å². The van der Waals surface area contributed by atoms with E-state index in [0.29, 0.717) is 12.8 Å². The number of rotatable bonds is 2. The number of likely N-dealkylation sites (N-methyl/N-ethyl adjacent to an activating group) is 1. The van der Waals surface area contributed by atoms with Crippen LogP contribution in [0.4, 0.5) is 5.69 Å². The van der Waals surface area contributed by atoms with E-state index < -0.39 is 0 Å². The van der Waals surface area contributed by atoms with Crippen LogP contribution in [0.5, 0.6) is 11.5 Å². The van der Waals surface area contributed by atoms with Gasteiger partial charge < -0.3 is 19.7 Å². The van der Waals surface area contributed by atoms with Crippen molar-refractivity contribution < 1.29 is 9.47 Å². The van der Waals surface area contributed by atoms with Gasteiger partial charge in [0.1, 0.15) is 0 Å². The molecule has 0 amide bonds. The van der Waals surface area contributed by atoms with Gasteiger partial charge in [0.05, 0.1) is 6.04 Å². The molecule has 2 aliphatic rings. The topological polar surface area (TPSA) is 33.7 Å². The number of nitrogens with zero attached hydrogens (tertiary/aromatic N) is 1. The summed E-state index contributed by atoms with van der Waals surface area (Å²) >= 11 is 0. The lowest BCUT2D eigenvalue weighted by Crippen LogP contribution is -2.56.